The number of hydrogen-bond acceptors (Lipinski definition) is 5. The first-order chi connectivity index (χ1) is 15.3. The van der Waals surface area contributed by atoms with Gasteiger partial charge in [0.15, 0.2) is 0 Å². The fourth-order valence-electron chi connectivity index (χ4n) is 3.54. The maximum Gasteiger partial charge on any atom is 0.252 e. The molecule has 0 aliphatic rings. The number of rotatable bonds is 11. The number of aryl methyl sites for hydroxylation is 1. The van der Waals surface area contributed by atoms with Crippen molar-refractivity contribution in [3.8, 4) is 5.75 Å². The van der Waals surface area contributed by atoms with E-state index in [0.717, 1.165) is 16.7 Å². The normalized spacial score (nSPS) is 13.1. The number of sulfonamides is 1. The van der Waals surface area contributed by atoms with Gasteiger partial charge in [-0.1, -0.05) is 19.1 Å². The molecule has 1 atom stereocenters. The smallest absolute Gasteiger partial charge is 0.252 e. The molecule has 0 amide bonds. The van der Waals surface area contributed by atoms with Gasteiger partial charge in [-0.2, -0.15) is 4.31 Å². The molecule has 0 spiro atoms. The van der Waals surface area contributed by atoms with Gasteiger partial charge in [0.05, 0.1) is 6.10 Å². The molecule has 0 aliphatic carbocycles. The van der Waals surface area contributed by atoms with E-state index in [1.165, 1.54) is 27.8 Å². The zero-order valence-corrected chi connectivity index (χ0v) is 20.6. The van der Waals surface area contributed by atoms with E-state index >= 15 is 0 Å². The average molecular weight is 480 g/mol. The molecular weight excluding hydrogens is 449 g/mol. The third-order valence-electron chi connectivity index (χ3n) is 5.36. The van der Waals surface area contributed by atoms with Crippen LogP contribution in [0.2, 0.25) is 0 Å². The predicted octanol–water partition coefficient (Wildman–Crippen LogP) is 5.41. The summed E-state index contributed by atoms with van der Waals surface area (Å²) in [4.78, 5) is 0. The highest BCUT2D eigenvalue weighted by Crippen LogP contribution is 2.36. The van der Waals surface area contributed by atoms with Crippen molar-refractivity contribution in [2.24, 2.45) is 0 Å². The van der Waals surface area contributed by atoms with Gasteiger partial charge in [-0.05, 0) is 73.5 Å². The van der Waals surface area contributed by atoms with Crippen molar-refractivity contribution in [1.29, 1.82) is 0 Å². The molecule has 0 saturated heterocycles. The van der Waals surface area contributed by atoms with Crippen LogP contribution in [0.4, 0.5) is 4.39 Å². The Kier molecular flexibility index (Phi) is 8.27. The molecule has 1 heterocycles. The number of benzene rings is 2. The lowest BCUT2D eigenvalue weighted by Gasteiger charge is -2.21. The lowest BCUT2D eigenvalue weighted by Crippen LogP contribution is -2.35. The number of methoxy groups -OCH3 is 1. The number of nitrogens with zero attached hydrogens (tertiary/aromatic N) is 1. The molecule has 0 radical (unpaired) electrons. The van der Waals surface area contributed by atoms with Crippen LogP contribution < -0.4 is 4.74 Å². The van der Waals surface area contributed by atoms with Crippen molar-refractivity contribution in [3.05, 3.63) is 59.4 Å². The molecule has 0 saturated carbocycles. The van der Waals surface area contributed by atoms with Crippen molar-refractivity contribution in [2.45, 2.75) is 43.9 Å². The molecule has 8 heteroatoms. The summed E-state index contributed by atoms with van der Waals surface area (Å²) in [5.74, 6) is 0.324. The van der Waals surface area contributed by atoms with E-state index in [1.807, 2.05) is 38.1 Å². The van der Waals surface area contributed by atoms with E-state index in [9.17, 15) is 12.8 Å². The van der Waals surface area contributed by atoms with Gasteiger partial charge in [-0.15, -0.1) is 11.3 Å². The van der Waals surface area contributed by atoms with E-state index in [-0.39, 0.29) is 29.3 Å². The molecular formula is C24H30FNO4S2. The van der Waals surface area contributed by atoms with Gasteiger partial charge < -0.3 is 9.47 Å². The van der Waals surface area contributed by atoms with Crippen LogP contribution in [0.3, 0.4) is 0 Å². The van der Waals surface area contributed by atoms with E-state index in [2.05, 4.69) is 0 Å². The number of thiophene rings is 1. The van der Waals surface area contributed by atoms with Crippen LogP contribution in [-0.4, -0.2) is 45.6 Å². The van der Waals surface area contributed by atoms with Crippen molar-refractivity contribution in [2.75, 3.05) is 26.8 Å². The maximum atomic E-state index is 13.7. The summed E-state index contributed by atoms with van der Waals surface area (Å²) in [7, 11) is -2.02. The highest BCUT2D eigenvalue weighted by molar-refractivity contribution is 7.91. The second-order valence-corrected chi connectivity index (χ2v) is 11.0. The first-order valence-electron chi connectivity index (χ1n) is 10.7. The third-order valence-corrected chi connectivity index (χ3v) is 9.13. The second kappa shape index (κ2) is 10.7. The zero-order valence-electron chi connectivity index (χ0n) is 18.9. The highest BCUT2D eigenvalue weighted by Gasteiger charge is 2.28. The largest absolute Gasteiger partial charge is 0.492 e. The van der Waals surface area contributed by atoms with Crippen molar-refractivity contribution < 1.29 is 22.3 Å². The van der Waals surface area contributed by atoms with E-state index in [1.54, 1.807) is 20.1 Å². The van der Waals surface area contributed by atoms with Gasteiger partial charge >= 0.3 is 0 Å². The fourth-order valence-corrected chi connectivity index (χ4v) is 6.93. The summed E-state index contributed by atoms with van der Waals surface area (Å²) in [5, 5.41) is 0.643. The molecule has 0 aliphatic heterocycles. The van der Waals surface area contributed by atoms with E-state index < -0.39 is 10.0 Å². The minimum absolute atomic E-state index is 0.142. The third kappa shape index (κ3) is 5.67. The summed E-state index contributed by atoms with van der Waals surface area (Å²) in [6.07, 6.45) is 1.64. The molecule has 5 nitrogen and oxygen atoms in total. The fraction of sp³-hybridized carbons (Fsp3) is 0.417. The molecule has 32 heavy (non-hydrogen) atoms. The predicted molar refractivity (Wildman–Crippen MR) is 128 cm³/mol. The molecule has 0 unspecified atom stereocenters. The van der Waals surface area contributed by atoms with E-state index in [0.29, 0.717) is 29.7 Å². The first kappa shape index (κ1) is 24.6. The van der Waals surface area contributed by atoms with Crippen molar-refractivity contribution in [3.63, 3.8) is 0 Å². The molecule has 2 aromatic carbocycles. The Balaban J connectivity index is 1.70. The van der Waals surface area contributed by atoms with Gasteiger partial charge in [0.1, 0.15) is 22.4 Å². The van der Waals surface area contributed by atoms with E-state index in [4.69, 9.17) is 9.47 Å². The Hall–Kier alpha value is -2.00. The number of fused-ring (bicyclic) bond motifs is 1. The summed E-state index contributed by atoms with van der Waals surface area (Å²) in [6, 6.07) is 12.1. The standard InChI is InChI=1S/C24H30FNO4S2/c1-5-12-26(13-14-30-21-9-6-19(7-10-21)15-17(2)29-4)32(27,28)24-18(3)22-16-20(25)8-11-23(22)31-24/h6-11,16-17H,5,12-15H2,1-4H3/t17-/m1/s1. The van der Waals surface area contributed by atoms with Crippen LogP contribution in [0, 0.1) is 12.7 Å². The average Bonchev–Trinajstić information content (AvgIpc) is 3.10. The molecule has 0 fully saturated rings. The van der Waals surface area contributed by atoms with Crippen LogP contribution in [0.15, 0.2) is 46.7 Å². The van der Waals surface area contributed by atoms with Crippen LogP contribution in [-0.2, 0) is 21.2 Å². The molecule has 0 N–H and O–H groups in total. The quantitative estimate of drug-likeness (QED) is 0.369. The molecule has 3 rings (SSSR count). The number of ether oxygens (including phenoxy) is 2. The summed E-state index contributed by atoms with van der Waals surface area (Å²) in [5.41, 5.74) is 1.74. The maximum absolute atomic E-state index is 13.7. The Morgan fingerprint density at radius 1 is 1.12 bits per heavy atom. The summed E-state index contributed by atoms with van der Waals surface area (Å²) >= 11 is 1.18. The Morgan fingerprint density at radius 2 is 1.84 bits per heavy atom. The van der Waals surface area contributed by atoms with Crippen LogP contribution >= 0.6 is 11.3 Å². The Bertz CT molecular complexity index is 1140. The van der Waals surface area contributed by atoms with Crippen LogP contribution in [0.5, 0.6) is 5.75 Å². The minimum Gasteiger partial charge on any atom is -0.492 e. The van der Waals surface area contributed by atoms with Gasteiger partial charge in [0.25, 0.3) is 10.0 Å². The topological polar surface area (TPSA) is 55.8 Å². The SMILES string of the molecule is CCCN(CCOc1ccc(C[C@@H](C)OC)cc1)S(=O)(=O)c1sc2ccc(F)cc2c1C. The number of hydrogen-bond donors (Lipinski definition) is 0. The number of halogens is 1. The van der Waals surface area contributed by atoms with Crippen molar-refractivity contribution >= 4 is 31.4 Å². The van der Waals surface area contributed by atoms with Crippen molar-refractivity contribution in [1.82, 2.24) is 4.31 Å². The Morgan fingerprint density at radius 3 is 2.50 bits per heavy atom. The van der Waals surface area contributed by atoms with Gasteiger partial charge in [0, 0.05) is 24.9 Å². The molecule has 0 bridgehead atoms. The van der Waals surface area contributed by atoms with Crippen LogP contribution in [0.1, 0.15) is 31.4 Å². The van der Waals surface area contributed by atoms with Gasteiger partial charge in [-0.3, -0.25) is 0 Å². The molecule has 1 aromatic heterocycles. The minimum atomic E-state index is -3.71. The monoisotopic (exact) mass is 479 g/mol. The van der Waals surface area contributed by atoms with Gasteiger partial charge in [-0.25, -0.2) is 12.8 Å². The highest BCUT2D eigenvalue weighted by atomic mass is 32.2. The Labute approximate surface area is 193 Å². The van der Waals surface area contributed by atoms with Gasteiger partial charge in [0.2, 0.25) is 0 Å². The lowest BCUT2D eigenvalue weighted by molar-refractivity contribution is 0.119. The first-order valence-corrected chi connectivity index (χ1v) is 12.9. The summed E-state index contributed by atoms with van der Waals surface area (Å²) in [6.45, 7) is 6.56. The second-order valence-electron chi connectivity index (χ2n) is 7.80. The zero-order chi connectivity index (χ0) is 23.3. The summed E-state index contributed by atoms with van der Waals surface area (Å²) < 4.78 is 54.0. The lowest BCUT2D eigenvalue weighted by atomic mass is 10.1. The molecule has 174 valence electrons. The van der Waals surface area contributed by atoms with Crippen LogP contribution in [0.25, 0.3) is 10.1 Å². The molecule has 3 aromatic rings.